The maximum Gasteiger partial charge on any atom is 0.179 e. The second-order valence-corrected chi connectivity index (χ2v) is 8.67. The molecule has 1 aromatic carbocycles. The lowest BCUT2D eigenvalue weighted by Crippen LogP contribution is -2.49. The average molecular weight is 396 g/mol. The highest BCUT2D eigenvalue weighted by Crippen LogP contribution is 2.46. The van der Waals surface area contributed by atoms with Crippen LogP contribution in [0, 0.1) is 13.8 Å². The number of pyridine rings is 1. The number of nitrogens with zero attached hydrogens (tertiary/aromatic N) is 3. The number of para-hydroxylation sites is 1. The normalized spacial score (nSPS) is 18.7. The number of piperazine rings is 1. The molecule has 1 saturated heterocycles. The van der Waals surface area contributed by atoms with Crippen LogP contribution in [0.25, 0.3) is 6.08 Å². The Balaban J connectivity index is 1.52. The molecule has 148 valence electrons. The van der Waals surface area contributed by atoms with Crippen molar-refractivity contribution in [1.29, 1.82) is 0 Å². The van der Waals surface area contributed by atoms with E-state index in [1.807, 2.05) is 11.8 Å². The Bertz CT molecular complexity index is 848. The molecule has 2 aliphatic rings. The zero-order valence-electron chi connectivity index (χ0n) is 17.2. The van der Waals surface area contributed by atoms with Gasteiger partial charge in [-0.25, -0.2) is 0 Å². The second kappa shape index (κ2) is 8.68. The summed E-state index contributed by atoms with van der Waals surface area (Å²) in [6, 6.07) is 13.3. The van der Waals surface area contributed by atoms with Gasteiger partial charge < -0.3 is 10.2 Å². The first-order chi connectivity index (χ1) is 13.7. The van der Waals surface area contributed by atoms with Crippen molar-refractivity contribution in [3.05, 3.63) is 58.4 Å². The summed E-state index contributed by atoms with van der Waals surface area (Å²) in [5.41, 5.74) is 5.30. The monoisotopic (exact) mass is 395 g/mol. The summed E-state index contributed by atoms with van der Waals surface area (Å²) in [5, 5.41) is 4.75. The van der Waals surface area contributed by atoms with Crippen LogP contribution >= 0.6 is 11.8 Å². The van der Waals surface area contributed by atoms with E-state index in [1.165, 1.54) is 32.6 Å². The summed E-state index contributed by atoms with van der Waals surface area (Å²) < 4.78 is 2.46. The van der Waals surface area contributed by atoms with Gasteiger partial charge in [-0.3, -0.25) is 4.90 Å². The fourth-order valence-corrected chi connectivity index (χ4v) is 5.39. The Morgan fingerprint density at radius 3 is 2.54 bits per heavy atom. The number of rotatable bonds is 5. The predicted octanol–water partition coefficient (Wildman–Crippen LogP) is 3.43. The molecule has 1 aromatic heterocycles. The van der Waals surface area contributed by atoms with Crippen molar-refractivity contribution in [2.45, 2.75) is 32.2 Å². The number of fused-ring (bicyclic) bond motifs is 1. The summed E-state index contributed by atoms with van der Waals surface area (Å²) >= 11 is 1.88. The van der Waals surface area contributed by atoms with E-state index < -0.39 is 0 Å². The van der Waals surface area contributed by atoms with Crippen molar-refractivity contribution >= 4 is 23.5 Å². The van der Waals surface area contributed by atoms with Gasteiger partial charge in [0.15, 0.2) is 17.9 Å². The van der Waals surface area contributed by atoms with Crippen LogP contribution < -0.4 is 14.8 Å². The highest BCUT2D eigenvalue weighted by molar-refractivity contribution is 8.03. The van der Waals surface area contributed by atoms with E-state index in [0.717, 1.165) is 45.8 Å². The van der Waals surface area contributed by atoms with Gasteiger partial charge in [0.2, 0.25) is 0 Å². The Morgan fingerprint density at radius 1 is 1.11 bits per heavy atom. The van der Waals surface area contributed by atoms with Gasteiger partial charge >= 0.3 is 0 Å². The first kappa shape index (κ1) is 19.5. The Labute approximate surface area is 173 Å². The lowest BCUT2D eigenvalue weighted by molar-refractivity contribution is -0.708. The third kappa shape index (κ3) is 4.12. The number of benzene rings is 1. The Hall–Kier alpha value is -1.82. The summed E-state index contributed by atoms with van der Waals surface area (Å²) in [5.74, 6) is 0. The molecule has 0 amide bonds. The molecule has 4 rings (SSSR count). The zero-order valence-corrected chi connectivity index (χ0v) is 18.1. The van der Waals surface area contributed by atoms with E-state index in [1.54, 1.807) is 0 Å². The molecule has 1 fully saturated rings. The van der Waals surface area contributed by atoms with Crippen LogP contribution in [0.1, 0.15) is 23.9 Å². The molecular formula is C23H31N4S+. The standard InChI is InChI=1S/C23H31N4S/c1-4-26-21-7-5-6-8-22(21)28-23(26)17-20-15-18(2)27(19(3)16-20)14-13-25-11-9-24-10-12-25/h5-8,15-17,24H,4,9-14H2,1-3H3/q+1. The van der Waals surface area contributed by atoms with Crippen LogP contribution in [0.15, 0.2) is 46.3 Å². The first-order valence-corrected chi connectivity index (χ1v) is 11.2. The average Bonchev–Trinajstić information content (AvgIpc) is 3.05. The topological polar surface area (TPSA) is 22.4 Å². The molecule has 0 spiro atoms. The number of hydrogen-bond donors (Lipinski definition) is 1. The summed E-state index contributed by atoms with van der Waals surface area (Å²) in [6.07, 6.45) is 2.34. The molecule has 2 aliphatic heterocycles. The number of aromatic nitrogens is 1. The van der Waals surface area contributed by atoms with Gasteiger partial charge in [-0.1, -0.05) is 23.9 Å². The molecule has 3 heterocycles. The number of aryl methyl sites for hydroxylation is 2. The van der Waals surface area contributed by atoms with E-state index in [9.17, 15) is 0 Å². The van der Waals surface area contributed by atoms with Crippen molar-refractivity contribution < 1.29 is 4.57 Å². The highest BCUT2D eigenvalue weighted by atomic mass is 32.2. The van der Waals surface area contributed by atoms with Crippen LogP contribution in [0.4, 0.5) is 5.69 Å². The minimum atomic E-state index is 0.991. The van der Waals surface area contributed by atoms with E-state index in [4.69, 9.17) is 0 Å². The largest absolute Gasteiger partial charge is 0.335 e. The van der Waals surface area contributed by atoms with Crippen molar-refractivity contribution in [3.63, 3.8) is 0 Å². The molecule has 28 heavy (non-hydrogen) atoms. The Kier molecular flexibility index (Phi) is 6.04. The Morgan fingerprint density at radius 2 is 1.82 bits per heavy atom. The summed E-state index contributed by atoms with van der Waals surface area (Å²) in [6.45, 7) is 14.4. The van der Waals surface area contributed by atoms with Crippen molar-refractivity contribution in [3.8, 4) is 0 Å². The van der Waals surface area contributed by atoms with Crippen molar-refractivity contribution in [2.75, 3.05) is 44.2 Å². The van der Waals surface area contributed by atoms with Gasteiger partial charge in [-0.15, -0.1) is 0 Å². The summed E-state index contributed by atoms with van der Waals surface area (Å²) in [7, 11) is 0. The van der Waals surface area contributed by atoms with Crippen LogP contribution in [0.3, 0.4) is 0 Å². The van der Waals surface area contributed by atoms with Gasteiger partial charge in [0.25, 0.3) is 0 Å². The van der Waals surface area contributed by atoms with Gasteiger partial charge in [0.1, 0.15) is 0 Å². The van der Waals surface area contributed by atoms with Crippen LogP contribution in [0.5, 0.6) is 0 Å². The number of thioether (sulfide) groups is 1. The third-order valence-corrected chi connectivity index (χ3v) is 6.81. The van der Waals surface area contributed by atoms with E-state index in [0.29, 0.717) is 0 Å². The van der Waals surface area contributed by atoms with Crippen molar-refractivity contribution in [1.82, 2.24) is 10.2 Å². The maximum absolute atomic E-state index is 3.43. The lowest BCUT2D eigenvalue weighted by atomic mass is 10.1. The molecule has 2 aromatic rings. The van der Waals surface area contributed by atoms with Gasteiger partial charge in [0, 0.05) is 63.6 Å². The summed E-state index contributed by atoms with van der Waals surface area (Å²) in [4.78, 5) is 6.32. The van der Waals surface area contributed by atoms with Crippen LogP contribution in [-0.4, -0.2) is 44.2 Å². The van der Waals surface area contributed by atoms with Gasteiger partial charge in [-0.05, 0) is 30.7 Å². The molecule has 0 unspecified atom stereocenters. The van der Waals surface area contributed by atoms with Crippen LogP contribution in [-0.2, 0) is 6.54 Å². The second-order valence-electron chi connectivity index (χ2n) is 7.61. The van der Waals surface area contributed by atoms with E-state index >= 15 is 0 Å². The molecular weight excluding hydrogens is 364 g/mol. The highest BCUT2D eigenvalue weighted by Gasteiger charge is 2.24. The van der Waals surface area contributed by atoms with E-state index in [-0.39, 0.29) is 0 Å². The molecule has 0 bridgehead atoms. The molecule has 4 nitrogen and oxygen atoms in total. The maximum atomic E-state index is 3.43. The fraction of sp³-hybridized carbons (Fsp3) is 0.435. The van der Waals surface area contributed by atoms with Gasteiger partial charge in [-0.2, -0.15) is 4.57 Å². The lowest BCUT2D eigenvalue weighted by Gasteiger charge is -2.26. The smallest absolute Gasteiger partial charge is 0.179 e. The fourth-order valence-electron chi connectivity index (χ4n) is 4.20. The minimum Gasteiger partial charge on any atom is -0.335 e. The van der Waals surface area contributed by atoms with E-state index in [2.05, 4.69) is 82.9 Å². The predicted molar refractivity (Wildman–Crippen MR) is 119 cm³/mol. The van der Waals surface area contributed by atoms with Crippen molar-refractivity contribution in [2.24, 2.45) is 0 Å². The van der Waals surface area contributed by atoms with Crippen LogP contribution in [0.2, 0.25) is 0 Å². The molecule has 5 heteroatoms. The number of nitrogens with one attached hydrogen (secondary N) is 1. The van der Waals surface area contributed by atoms with Gasteiger partial charge in [0.05, 0.1) is 17.3 Å². The third-order valence-electron chi connectivity index (χ3n) is 5.70. The zero-order chi connectivity index (χ0) is 19.5. The number of hydrogen-bond acceptors (Lipinski definition) is 4. The number of anilines is 1. The first-order valence-electron chi connectivity index (χ1n) is 10.4. The molecule has 1 N–H and O–H groups in total. The molecule has 0 saturated carbocycles. The molecule has 0 radical (unpaired) electrons. The minimum absolute atomic E-state index is 0.991. The molecule has 0 aliphatic carbocycles. The quantitative estimate of drug-likeness (QED) is 0.783. The SMILES string of the molecule is CCN1/C(=C/c2cc(C)[n+](CCN3CCNCC3)c(C)c2)Sc2ccccc21. The molecule has 0 atom stereocenters.